The molecule has 45 heteroatoms. The average Bonchev–Trinajstić information content (AvgIpc) is 1.72. The molecule has 0 fully saturated rings. The van der Waals surface area contributed by atoms with Gasteiger partial charge in [-0.2, -0.15) is 0 Å². The Morgan fingerprint density at radius 2 is 0.774 bits per heavy atom. The molecule has 706 valence electrons. The summed E-state index contributed by atoms with van der Waals surface area (Å²) in [5, 5.41) is 60.3. The number of nitrogens with one attached hydrogen (secondary N) is 4. The summed E-state index contributed by atoms with van der Waals surface area (Å²) in [6, 6.07) is 31.7. The van der Waals surface area contributed by atoms with Gasteiger partial charge in [0.25, 0.3) is 17.7 Å². The van der Waals surface area contributed by atoms with Gasteiger partial charge in [0, 0.05) is 93.9 Å². The number of carbonyl (C=O) groups is 9. The van der Waals surface area contributed by atoms with Crippen LogP contribution >= 0.6 is 45.3 Å². The number of aromatic carboxylic acids is 1. The topological polar surface area (TPSA) is 534 Å². The zero-order valence-corrected chi connectivity index (χ0v) is 77.9. The number of hydrogen-bond donors (Lipinski definition) is 10. The minimum absolute atomic E-state index is 0. The van der Waals surface area contributed by atoms with Crippen LogP contribution in [0.3, 0.4) is 0 Å². The molecule has 0 spiro atoms. The Hall–Kier alpha value is -14.9. The second-order valence-corrected chi connectivity index (χ2v) is 32.8. The van der Waals surface area contributed by atoms with E-state index in [1.165, 1.54) is 87.7 Å². The molecule has 12 aromatic heterocycles. The van der Waals surface area contributed by atoms with E-state index in [1.807, 2.05) is 6.92 Å². The van der Waals surface area contributed by atoms with Gasteiger partial charge in [0.2, 0.25) is 0 Å². The van der Waals surface area contributed by atoms with Gasteiger partial charge in [0.05, 0.1) is 100 Å². The number of ether oxygens (including phenoxy) is 4. The Morgan fingerprint density at radius 1 is 0.438 bits per heavy atom. The number of carboxylic acid groups (broad SMARTS) is 2. The van der Waals surface area contributed by atoms with E-state index in [0.29, 0.717) is 96.8 Å². The number of hydrogen-bond acceptors (Lipinski definition) is 30. The van der Waals surface area contributed by atoms with E-state index in [4.69, 9.17) is 47.0 Å². The number of carboxylic acids is 2. The Bertz CT molecular complexity index is 6870. The van der Waals surface area contributed by atoms with Gasteiger partial charge in [0.1, 0.15) is 34.9 Å². The van der Waals surface area contributed by atoms with E-state index in [0.717, 1.165) is 0 Å². The first-order valence-electron chi connectivity index (χ1n) is 41.3. The fourth-order valence-electron chi connectivity index (χ4n) is 13.2. The van der Waals surface area contributed by atoms with Gasteiger partial charge >= 0.3 is 54.8 Å². The number of nitrogens with zero attached hydrogens (tertiary/aromatic N) is 12. The number of nitrogen functional groups attached to an aromatic ring is 1. The van der Waals surface area contributed by atoms with Gasteiger partial charge in [-0.15, -0.1) is 65.7 Å². The second-order valence-electron chi connectivity index (χ2n) is 29.9. The normalized spacial score (nSPS) is 11.1. The number of halogens is 4. The summed E-state index contributed by atoms with van der Waals surface area (Å²) < 4.78 is 85.1. The number of thiophene rings is 4. The predicted molar refractivity (Wildman–Crippen MR) is 502 cm³/mol. The maximum Gasteiger partial charge on any atom is 1.00 e. The molecule has 0 bridgehead atoms. The van der Waals surface area contributed by atoms with Crippen LogP contribution in [-0.2, 0) is 83.4 Å². The monoisotopic (exact) mass is 1940 g/mol. The zero-order valence-electron chi connectivity index (χ0n) is 74.6. The molecule has 12 heterocycles. The van der Waals surface area contributed by atoms with Crippen molar-refractivity contribution in [3.8, 4) is 45.6 Å². The van der Waals surface area contributed by atoms with Gasteiger partial charge in [-0.25, -0.2) is 69.9 Å². The third kappa shape index (κ3) is 25.8. The number of fused-ring (bicyclic) bond motifs is 4. The fraction of sp³-hybridized carbons (Fsp3) is 0.207. The molecule has 16 aromatic rings. The first kappa shape index (κ1) is 104. The van der Waals surface area contributed by atoms with Crippen LogP contribution in [0.15, 0.2) is 189 Å². The van der Waals surface area contributed by atoms with Gasteiger partial charge in [0.15, 0.2) is 46.1 Å². The van der Waals surface area contributed by atoms with E-state index in [2.05, 4.69) is 61.6 Å². The fourth-order valence-corrected chi connectivity index (χ4v) is 16.3. The molecule has 4 amide bonds. The number of anilines is 4. The Labute approximate surface area is 805 Å². The number of aromatic nitrogens is 12. The maximum absolute atomic E-state index is 15.0. The van der Waals surface area contributed by atoms with Gasteiger partial charge in [-0.1, -0.05) is 55.5 Å². The number of esters is 3. The predicted octanol–water partition coefficient (Wildman–Crippen LogP) is 11.8. The van der Waals surface area contributed by atoms with Crippen molar-refractivity contribution in [1.82, 2.24) is 63.7 Å². The van der Waals surface area contributed by atoms with Crippen molar-refractivity contribution in [1.29, 1.82) is 0 Å². The molecule has 137 heavy (non-hydrogen) atoms. The summed E-state index contributed by atoms with van der Waals surface area (Å²) in [5.41, 5.74) is 29.7. The Morgan fingerprint density at radius 3 is 1.11 bits per heavy atom. The second kappa shape index (κ2) is 47.9. The molecule has 0 saturated carbocycles. The molecular weight excluding hydrogens is 1850 g/mol. The molecule has 1 atom stereocenters. The van der Waals surface area contributed by atoms with Crippen molar-refractivity contribution < 1.29 is 114 Å². The van der Waals surface area contributed by atoms with E-state index >= 15 is 0 Å². The van der Waals surface area contributed by atoms with Crippen molar-refractivity contribution >= 4 is 144 Å². The van der Waals surface area contributed by atoms with Crippen LogP contribution in [0, 0.1) is 23.3 Å². The number of alkyl carbamates (subject to hydrolysis) is 1. The van der Waals surface area contributed by atoms with Crippen LogP contribution in [0.5, 0.6) is 0 Å². The summed E-state index contributed by atoms with van der Waals surface area (Å²) in [4.78, 5) is 126. The molecule has 1 unspecified atom stereocenters. The smallest absolute Gasteiger partial charge is 0.870 e. The van der Waals surface area contributed by atoms with Gasteiger partial charge in [-0.05, 0) is 165 Å². The molecule has 16 rings (SSSR count). The van der Waals surface area contributed by atoms with E-state index in [1.54, 1.807) is 206 Å². The third-order valence-corrected chi connectivity index (χ3v) is 22.7. The number of nitrogens with two attached hydrogens (primary N) is 4. The molecule has 4 aromatic carbocycles. The molecule has 15 N–H and O–H groups in total. The summed E-state index contributed by atoms with van der Waals surface area (Å²) in [6.45, 7) is 13.1. The van der Waals surface area contributed by atoms with Crippen LogP contribution < -0.4 is 63.1 Å². The zero-order chi connectivity index (χ0) is 96.9. The molecule has 0 aliphatic carbocycles. The van der Waals surface area contributed by atoms with Gasteiger partial charge < -0.3 is 78.8 Å². The number of carbonyl (C=O) groups excluding carboxylic acids is 7. The summed E-state index contributed by atoms with van der Waals surface area (Å²) in [5.74, 6) is -6.95. The summed E-state index contributed by atoms with van der Waals surface area (Å²) in [7, 11) is 0. The van der Waals surface area contributed by atoms with Crippen LogP contribution in [0.1, 0.15) is 141 Å². The van der Waals surface area contributed by atoms with Crippen molar-refractivity contribution in [3.63, 3.8) is 0 Å². The van der Waals surface area contributed by atoms with Crippen molar-refractivity contribution in [2.45, 2.75) is 105 Å². The first-order chi connectivity index (χ1) is 64.8. The van der Waals surface area contributed by atoms with Crippen LogP contribution in [0.2, 0.25) is 0 Å². The number of aliphatic carboxylic acids is 1. The van der Waals surface area contributed by atoms with Crippen LogP contribution in [0.25, 0.3) is 67.6 Å². The number of aryl methyl sites for hydroxylation is 1. The number of benzene rings is 4. The maximum atomic E-state index is 15.0. The molecule has 36 nitrogen and oxygen atoms in total. The van der Waals surface area contributed by atoms with E-state index in [-0.39, 0.29) is 162 Å². The van der Waals surface area contributed by atoms with Crippen LogP contribution in [-0.4, -0.2) is 153 Å². The third-order valence-electron chi connectivity index (χ3n) is 19.5. The SMILES string of the molecule is CC(C)(C)OC(=O)NCc1cccc(-c2nc(C(=O)O)c3cccn3n2)c1F.CCOC(=O)C(N)c1cscc1N.CCOC(=O)Cc1cscc1NC(=O)c1nc(-c2cccc(CC)c2F)nn2cccc12.CCOC(=O)Cc1cscc1NC(=O)c1nc(-c2cccc(CN)c2F)nn2cccc12.NCc1cccc(-c2nc(C(=O)Nc3cscc3CC(=O)O)c3cccn3n2)c1F.[Li+].[OH-]. The Kier molecular flexibility index (Phi) is 36.4. The molecule has 0 aliphatic heterocycles. The molecular formula is C92H89F4LiN20O16S4. The summed E-state index contributed by atoms with van der Waals surface area (Å²) >= 11 is 5.41. The average molecular weight is 1940 g/mol. The number of amides is 4. The molecule has 0 saturated heterocycles. The first-order valence-corrected chi connectivity index (χ1v) is 45.1. The number of rotatable bonds is 27. The Balaban J connectivity index is 0.000000180. The van der Waals surface area contributed by atoms with Gasteiger partial charge in [-0.3, -0.25) is 28.8 Å². The van der Waals surface area contributed by atoms with Crippen molar-refractivity contribution in [3.05, 3.63) is 280 Å². The quantitative estimate of drug-likeness (QED) is 0.00989. The van der Waals surface area contributed by atoms with E-state index in [9.17, 15) is 65.8 Å². The largest absolute Gasteiger partial charge is 1.00 e. The molecule has 0 aliphatic rings. The minimum atomic E-state index is -1.24. The van der Waals surface area contributed by atoms with Crippen molar-refractivity contribution in [2.75, 3.05) is 41.5 Å². The van der Waals surface area contributed by atoms with Crippen molar-refractivity contribution in [2.24, 2.45) is 17.2 Å². The van der Waals surface area contributed by atoms with Crippen LogP contribution in [0.4, 0.5) is 45.1 Å². The minimum Gasteiger partial charge on any atom is -0.870 e. The summed E-state index contributed by atoms with van der Waals surface area (Å²) in [6.07, 6.45) is 6.24. The standard InChI is InChI=1S/C23H21FN4O3S.C22H20FN5O3S.C20H16FN5O3S.C19H19FN4O4.C8H12N2O2S.Li.H2O/c1-3-14-7-5-8-16(20(14)24)22-26-21(18-9-6-10-28(18)27-22)23(30)25-17-13-32-12-15(17)11-19(29)31-4-2;1-2-31-18(29)9-14-11-32-12-16(14)25-22(30)20-17-7-4-8-28(17)27-21(26-20)15-6-3-5-13(10-24)19(15)23;21-17-11(8-22)3-1-4-13(17)19-24-18(15-5-2-6-26(15)25-19)20(29)23-14-10-30-9-12(14)7-16(27)28;1-19(2,3)28-18(27)21-10-11-6-4-7-12(14(11)20)16-22-15(17(25)26)13-8-5-9-24(13)23-16;1-2-12-8(11)7(10)5-3-13-4-6(5)9;;/h5-10,12-13H,3-4,11H2,1-2H3,(H,25,30);3-8,11-12H,2,9-10,24H2,1H3,(H,25,30);1-6,9-10H,7-8,22H2,(H,23,29)(H,27,28);4-9H,10H2,1-3H3,(H,21,27)(H,25,26);3-4,7H,2,9-10H2,1H3;;1H2/q;;;;;+1;/p-1. The molecule has 0 radical (unpaired) electrons. The van der Waals surface area contributed by atoms with E-state index < -0.39 is 76.6 Å².